The van der Waals surface area contributed by atoms with E-state index >= 15 is 0 Å². The minimum absolute atomic E-state index is 0.00562. The maximum Gasteiger partial charge on any atom is 0.240 e. The van der Waals surface area contributed by atoms with E-state index in [0.29, 0.717) is 10.9 Å². The number of halogens is 1. The molecular weight excluding hydrogens is 273 g/mol. The Kier molecular flexibility index (Phi) is 3.00. The van der Waals surface area contributed by atoms with E-state index in [9.17, 15) is 9.18 Å². The number of aromatic nitrogens is 2. The molecule has 18 heavy (non-hydrogen) atoms. The first-order valence-corrected chi connectivity index (χ1v) is 7.14. The zero-order valence-electron chi connectivity index (χ0n) is 9.12. The number of thioether (sulfide) groups is 1. The van der Waals surface area contributed by atoms with E-state index in [1.54, 1.807) is 22.5 Å². The van der Waals surface area contributed by atoms with Crippen LogP contribution in [-0.4, -0.2) is 21.9 Å². The molecule has 4 nitrogen and oxygen atoms in total. The molecule has 1 aliphatic heterocycles. The van der Waals surface area contributed by atoms with Crippen LogP contribution in [0, 0.1) is 5.82 Å². The molecule has 1 atom stereocenters. The fourth-order valence-electron chi connectivity index (χ4n) is 1.78. The Balaban J connectivity index is 1.96. The Labute approximate surface area is 111 Å². The molecule has 0 spiro atoms. The van der Waals surface area contributed by atoms with Crippen LogP contribution in [0.4, 0.5) is 9.52 Å². The lowest BCUT2D eigenvalue weighted by molar-refractivity contribution is -0.115. The van der Waals surface area contributed by atoms with Crippen molar-refractivity contribution in [1.82, 2.24) is 10.2 Å². The van der Waals surface area contributed by atoms with Gasteiger partial charge in [-0.05, 0) is 17.7 Å². The van der Waals surface area contributed by atoms with Gasteiger partial charge < -0.3 is 0 Å². The van der Waals surface area contributed by atoms with Crippen LogP contribution < -0.4 is 4.90 Å². The van der Waals surface area contributed by atoms with Crippen LogP contribution in [-0.2, 0) is 4.79 Å². The summed E-state index contributed by atoms with van der Waals surface area (Å²) in [5, 5.41) is 8.11. The van der Waals surface area contributed by atoms with Crippen molar-refractivity contribution in [2.45, 2.75) is 5.37 Å². The number of anilines is 1. The Hall–Kier alpha value is -1.47. The lowest BCUT2D eigenvalue weighted by Crippen LogP contribution is -2.27. The zero-order valence-corrected chi connectivity index (χ0v) is 10.7. The van der Waals surface area contributed by atoms with Crippen molar-refractivity contribution in [2.24, 2.45) is 0 Å². The van der Waals surface area contributed by atoms with Gasteiger partial charge in [-0.3, -0.25) is 9.69 Å². The summed E-state index contributed by atoms with van der Waals surface area (Å²) in [6.07, 6.45) is 0. The zero-order chi connectivity index (χ0) is 12.5. The van der Waals surface area contributed by atoms with Crippen LogP contribution in [0.1, 0.15) is 10.9 Å². The summed E-state index contributed by atoms with van der Waals surface area (Å²) in [6, 6.07) is 6.19. The molecule has 0 N–H and O–H groups in total. The first-order valence-electron chi connectivity index (χ1n) is 5.21. The summed E-state index contributed by atoms with van der Waals surface area (Å²) < 4.78 is 12.9. The van der Waals surface area contributed by atoms with Crippen LogP contribution in [0.15, 0.2) is 29.8 Å². The lowest BCUT2D eigenvalue weighted by Gasteiger charge is -2.20. The normalized spacial score (nSPS) is 19.5. The van der Waals surface area contributed by atoms with E-state index in [1.165, 1.54) is 35.2 Å². The maximum absolute atomic E-state index is 12.9. The second-order valence-electron chi connectivity index (χ2n) is 3.70. The number of hydrogen-bond donors (Lipinski definition) is 0. The van der Waals surface area contributed by atoms with Gasteiger partial charge in [-0.15, -0.1) is 22.0 Å². The lowest BCUT2D eigenvalue weighted by atomic mass is 10.2. The first kappa shape index (κ1) is 11.6. The molecule has 92 valence electrons. The number of amides is 1. The molecule has 1 amide bonds. The van der Waals surface area contributed by atoms with Crippen LogP contribution in [0.5, 0.6) is 0 Å². The van der Waals surface area contributed by atoms with Crippen molar-refractivity contribution in [1.29, 1.82) is 0 Å². The van der Waals surface area contributed by atoms with Gasteiger partial charge >= 0.3 is 0 Å². The Morgan fingerprint density at radius 1 is 1.33 bits per heavy atom. The van der Waals surface area contributed by atoms with Crippen LogP contribution in [0.3, 0.4) is 0 Å². The van der Waals surface area contributed by atoms with Crippen molar-refractivity contribution < 1.29 is 9.18 Å². The third kappa shape index (κ3) is 1.99. The van der Waals surface area contributed by atoms with Gasteiger partial charge in [0.25, 0.3) is 0 Å². The van der Waals surface area contributed by atoms with E-state index in [4.69, 9.17) is 0 Å². The molecule has 1 aromatic carbocycles. The molecule has 2 heterocycles. The second kappa shape index (κ2) is 4.66. The van der Waals surface area contributed by atoms with Crippen LogP contribution in [0.25, 0.3) is 0 Å². The smallest absolute Gasteiger partial charge is 0.240 e. The van der Waals surface area contributed by atoms with Gasteiger partial charge in [-0.2, -0.15) is 0 Å². The molecule has 1 unspecified atom stereocenters. The van der Waals surface area contributed by atoms with E-state index in [1.807, 2.05) is 0 Å². The highest BCUT2D eigenvalue weighted by molar-refractivity contribution is 8.00. The number of carbonyl (C=O) groups excluding carboxylic acids is 1. The Morgan fingerprint density at radius 3 is 2.78 bits per heavy atom. The third-order valence-corrected chi connectivity index (χ3v) is 4.48. The molecule has 7 heteroatoms. The molecule has 1 fully saturated rings. The summed E-state index contributed by atoms with van der Waals surface area (Å²) >= 11 is 2.83. The standard InChI is InChI=1S/C11H8FN3OS2/c12-8-3-1-7(2-4-8)10-15(9(16)5-17-10)11-14-13-6-18-11/h1-4,6,10H,5H2. The van der Waals surface area contributed by atoms with Crippen molar-refractivity contribution in [3.63, 3.8) is 0 Å². The topological polar surface area (TPSA) is 46.1 Å². The van der Waals surface area contributed by atoms with Crippen molar-refractivity contribution in [2.75, 3.05) is 10.7 Å². The van der Waals surface area contributed by atoms with Gasteiger partial charge in [0.15, 0.2) is 0 Å². The third-order valence-electron chi connectivity index (χ3n) is 2.58. The van der Waals surface area contributed by atoms with Crippen molar-refractivity contribution in [3.05, 3.63) is 41.2 Å². The fourth-order valence-corrected chi connectivity index (χ4v) is 3.60. The van der Waals surface area contributed by atoms with Crippen LogP contribution >= 0.6 is 23.1 Å². The molecule has 0 aliphatic carbocycles. The summed E-state index contributed by atoms with van der Waals surface area (Å²) in [6.45, 7) is 0. The molecule has 1 saturated heterocycles. The van der Waals surface area contributed by atoms with Gasteiger partial charge in [0.1, 0.15) is 16.7 Å². The molecule has 0 saturated carbocycles. The van der Waals surface area contributed by atoms with Crippen molar-refractivity contribution in [3.8, 4) is 0 Å². The Bertz CT molecular complexity index is 558. The predicted octanol–water partition coefficient (Wildman–Crippen LogP) is 2.46. The van der Waals surface area contributed by atoms with E-state index in [0.717, 1.165) is 5.56 Å². The van der Waals surface area contributed by atoms with E-state index in [-0.39, 0.29) is 17.1 Å². The molecule has 0 bridgehead atoms. The Morgan fingerprint density at radius 2 is 2.11 bits per heavy atom. The molecule has 3 rings (SSSR count). The molecule has 1 aliphatic rings. The maximum atomic E-state index is 12.9. The quantitative estimate of drug-likeness (QED) is 0.848. The summed E-state index contributed by atoms with van der Waals surface area (Å²) in [5.74, 6) is 0.128. The minimum atomic E-state index is -0.282. The number of carbonyl (C=O) groups is 1. The van der Waals surface area contributed by atoms with Gasteiger partial charge in [-0.25, -0.2) is 4.39 Å². The highest BCUT2D eigenvalue weighted by Crippen LogP contribution is 2.41. The minimum Gasteiger partial charge on any atom is -0.273 e. The molecular formula is C11H8FN3OS2. The van der Waals surface area contributed by atoms with E-state index < -0.39 is 0 Å². The number of nitrogens with zero attached hydrogens (tertiary/aromatic N) is 3. The van der Waals surface area contributed by atoms with Crippen molar-refractivity contribution >= 4 is 34.1 Å². The summed E-state index contributed by atoms with van der Waals surface area (Å²) in [7, 11) is 0. The average molecular weight is 281 g/mol. The van der Waals surface area contributed by atoms with Gasteiger partial charge in [0, 0.05) is 0 Å². The first-order chi connectivity index (χ1) is 8.75. The predicted molar refractivity (Wildman–Crippen MR) is 69.0 cm³/mol. The monoisotopic (exact) mass is 281 g/mol. The number of hydrogen-bond acceptors (Lipinski definition) is 5. The number of benzene rings is 1. The van der Waals surface area contributed by atoms with Crippen LogP contribution in [0.2, 0.25) is 0 Å². The summed E-state index contributed by atoms with van der Waals surface area (Å²) in [5.41, 5.74) is 2.48. The molecule has 2 aromatic rings. The number of rotatable bonds is 2. The fraction of sp³-hybridized carbons (Fsp3) is 0.182. The SMILES string of the molecule is O=C1CSC(c2ccc(F)cc2)N1c1nncs1. The van der Waals surface area contributed by atoms with Gasteiger partial charge in [0.2, 0.25) is 11.0 Å². The average Bonchev–Trinajstić information content (AvgIpc) is 2.99. The van der Waals surface area contributed by atoms with E-state index in [2.05, 4.69) is 10.2 Å². The second-order valence-corrected chi connectivity index (χ2v) is 5.58. The van der Waals surface area contributed by atoms with Gasteiger partial charge in [-0.1, -0.05) is 23.5 Å². The molecule has 0 radical (unpaired) electrons. The highest BCUT2D eigenvalue weighted by Gasteiger charge is 2.35. The molecule has 1 aromatic heterocycles. The largest absolute Gasteiger partial charge is 0.273 e. The summed E-state index contributed by atoms with van der Waals surface area (Å²) in [4.78, 5) is 13.5. The highest BCUT2D eigenvalue weighted by atomic mass is 32.2. The van der Waals surface area contributed by atoms with Gasteiger partial charge in [0.05, 0.1) is 5.75 Å².